The maximum absolute atomic E-state index is 12.5. The molecule has 0 aliphatic heterocycles. The van der Waals surface area contributed by atoms with Gasteiger partial charge in [-0.2, -0.15) is 0 Å². The zero-order valence-electron chi connectivity index (χ0n) is 14.6. The van der Waals surface area contributed by atoms with Crippen molar-refractivity contribution in [3.63, 3.8) is 0 Å². The number of amides is 1. The molecule has 0 radical (unpaired) electrons. The van der Waals surface area contributed by atoms with Crippen LogP contribution in [0.5, 0.6) is 0 Å². The molecule has 3 aromatic rings. The number of hydrogen-bond donors (Lipinski definition) is 2. The maximum atomic E-state index is 12.5. The summed E-state index contributed by atoms with van der Waals surface area (Å²) in [5, 5.41) is 2.85. The van der Waals surface area contributed by atoms with Crippen LogP contribution in [0.2, 0.25) is 0 Å². The van der Waals surface area contributed by atoms with Gasteiger partial charge in [0.05, 0.1) is 11.7 Å². The molecule has 7 heteroatoms. The molecule has 0 saturated carbocycles. The van der Waals surface area contributed by atoms with E-state index in [-0.39, 0.29) is 11.6 Å². The van der Waals surface area contributed by atoms with Gasteiger partial charge in [-0.15, -0.1) is 0 Å². The predicted octanol–water partition coefficient (Wildman–Crippen LogP) is 2.42. The Hall–Kier alpha value is -3.35. The monoisotopic (exact) mass is 349 g/mol. The lowest BCUT2D eigenvalue weighted by Crippen LogP contribution is -2.33. The molecule has 3 aromatic heterocycles. The number of H-pyrrole nitrogens is 1. The molecule has 0 unspecified atom stereocenters. The molecule has 132 valence electrons. The van der Waals surface area contributed by atoms with Crippen LogP contribution in [0.3, 0.4) is 0 Å². The fourth-order valence-corrected chi connectivity index (χ4v) is 2.58. The van der Waals surface area contributed by atoms with Gasteiger partial charge in [-0.25, -0.2) is 4.98 Å². The van der Waals surface area contributed by atoms with E-state index in [2.05, 4.69) is 25.3 Å². The molecule has 26 heavy (non-hydrogen) atoms. The van der Waals surface area contributed by atoms with Crippen molar-refractivity contribution in [1.82, 2.24) is 25.3 Å². The van der Waals surface area contributed by atoms with Crippen molar-refractivity contribution in [2.24, 2.45) is 0 Å². The summed E-state index contributed by atoms with van der Waals surface area (Å²) in [5.41, 5.74) is 1.96. The standard InChI is InChI=1S/C19H19N5O2/c1-3-15(16-9-12(2)6-8-21-16)23-18(25)14-11-22-17(24-19(14)26)13-5-4-7-20-10-13/h4-11,15H,3H2,1-2H3,(H,23,25)(H,22,24,26)/t15-/m1/s1. The predicted molar refractivity (Wildman–Crippen MR) is 97.6 cm³/mol. The Kier molecular flexibility index (Phi) is 5.17. The summed E-state index contributed by atoms with van der Waals surface area (Å²) in [6.07, 6.45) is 6.87. The summed E-state index contributed by atoms with van der Waals surface area (Å²) in [4.78, 5) is 40.0. The molecule has 2 N–H and O–H groups in total. The van der Waals surface area contributed by atoms with Gasteiger partial charge in [-0.3, -0.25) is 19.6 Å². The highest BCUT2D eigenvalue weighted by molar-refractivity contribution is 5.93. The molecule has 3 rings (SSSR count). The summed E-state index contributed by atoms with van der Waals surface area (Å²) in [5.74, 6) is -0.112. The molecule has 0 aliphatic carbocycles. The van der Waals surface area contributed by atoms with Gasteiger partial charge in [0.2, 0.25) is 0 Å². The number of nitrogens with one attached hydrogen (secondary N) is 2. The highest BCUT2D eigenvalue weighted by Gasteiger charge is 2.18. The molecule has 0 aromatic carbocycles. The van der Waals surface area contributed by atoms with Crippen molar-refractivity contribution in [1.29, 1.82) is 0 Å². The topological polar surface area (TPSA) is 101 Å². The maximum Gasteiger partial charge on any atom is 0.264 e. The van der Waals surface area contributed by atoms with E-state index in [1.165, 1.54) is 6.20 Å². The van der Waals surface area contributed by atoms with Crippen molar-refractivity contribution in [3.05, 3.63) is 76.2 Å². The molecule has 0 fully saturated rings. The summed E-state index contributed by atoms with van der Waals surface area (Å²) in [7, 11) is 0. The number of nitrogens with zero attached hydrogens (tertiary/aromatic N) is 3. The first-order chi connectivity index (χ1) is 12.6. The third kappa shape index (κ3) is 3.83. The van der Waals surface area contributed by atoms with E-state index >= 15 is 0 Å². The second-order valence-electron chi connectivity index (χ2n) is 5.91. The van der Waals surface area contributed by atoms with Crippen LogP contribution in [0.15, 0.2) is 53.8 Å². The Morgan fingerprint density at radius 1 is 1.23 bits per heavy atom. The number of rotatable bonds is 5. The van der Waals surface area contributed by atoms with Crippen LogP contribution in [0, 0.1) is 6.92 Å². The molecule has 0 aliphatic rings. The summed E-state index contributed by atoms with van der Waals surface area (Å²) >= 11 is 0. The molecule has 0 bridgehead atoms. The number of aryl methyl sites for hydroxylation is 1. The Balaban J connectivity index is 1.82. The fraction of sp³-hybridized carbons (Fsp3) is 0.211. The van der Waals surface area contributed by atoms with Crippen LogP contribution in [-0.2, 0) is 0 Å². The Bertz CT molecular complexity index is 969. The van der Waals surface area contributed by atoms with Crippen LogP contribution in [0.4, 0.5) is 0 Å². The quantitative estimate of drug-likeness (QED) is 0.737. The zero-order valence-corrected chi connectivity index (χ0v) is 14.6. The lowest BCUT2D eigenvalue weighted by atomic mass is 10.1. The van der Waals surface area contributed by atoms with Crippen LogP contribution in [0.1, 0.15) is 41.0 Å². The minimum absolute atomic E-state index is 0.0382. The van der Waals surface area contributed by atoms with Gasteiger partial charge in [0.1, 0.15) is 11.4 Å². The van der Waals surface area contributed by atoms with Gasteiger partial charge >= 0.3 is 0 Å². The third-order valence-corrected chi connectivity index (χ3v) is 3.99. The van der Waals surface area contributed by atoms with Crippen molar-refractivity contribution < 1.29 is 4.79 Å². The van der Waals surface area contributed by atoms with Gasteiger partial charge in [-0.1, -0.05) is 6.92 Å². The lowest BCUT2D eigenvalue weighted by Gasteiger charge is -2.16. The summed E-state index contributed by atoms with van der Waals surface area (Å²) < 4.78 is 0. The third-order valence-electron chi connectivity index (χ3n) is 3.99. The number of aromatic amines is 1. The molecule has 1 amide bonds. The second kappa shape index (κ2) is 7.69. The smallest absolute Gasteiger partial charge is 0.264 e. The fourth-order valence-electron chi connectivity index (χ4n) is 2.58. The SMILES string of the molecule is CC[C@@H](NC(=O)c1cnc(-c2cccnc2)[nH]c1=O)c1cc(C)ccn1. The summed E-state index contributed by atoms with van der Waals surface area (Å²) in [6.45, 7) is 3.91. The number of aromatic nitrogens is 4. The minimum Gasteiger partial charge on any atom is -0.343 e. The van der Waals surface area contributed by atoms with Crippen LogP contribution in [-0.4, -0.2) is 25.8 Å². The van der Waals surface area contributed by atoms with Crippen LogP contribution < -0.4 is 10.9 Å². The Morgan fingerprint density at radius 2 is 2.08 bits per heavy atom. The van der Waals surface area contributed by atoms with Crippen LogP contribution in [0.25, 0.3) is 11.4 Å². The van der Waals surface area contributed by atoms with E-state index in [9.17, 15) is 9.59 Å². The minimum atomic E-state index is -0.497. The molecule has 1 atom stereocenters. The molecule has 0 saturated heterocycles. The lowest BCUT2D eigenvalue weighted by molar-refractivity contribution is 0.0932. The first kappa shape index (κ1) is 17.5. The number of pyridine rings is 2. The van der Waals surface area contributed by atoms with Crippen LogP contribution >= 0.6 is 0 Å². The Labute approximate surface area is 150 Å². The van der Waals surface area contributed by atoms with Gasteiger partial charge < -0.3 is 10.3 Å². The Morgan fingerprint density at radius 3 is 2.73 bits per heavy atom. The molecule has 3 heterocycles. The van der Waals surface area contributed by atoms with Gasteiger partial charge in [0.25, 0.3) is 11.5 Å². The van der Waals surface area contributed by atoms with E-state index in [1.54, 1.807) is 30.7 Å². The van der Waals surface area contributed by atoms with Gasteiger partial charge in [0.15, 0.2) is 0 Å². The molecular formula is C19H19N5O2. The number of hydrogen-bond acceptors (Lipinski definition) is 5. The van der Waals surface area contributed by atoms with Crippen molar-refractivity contribution in [3.8, 4) is 11.4 Å². The highest BCUT2D eigenvalue weighted by Crippen LogP contribution is 2.16. The first-order valence-corrected chi connectivity index (χ1v) is 8.31. The molecular weight excluding hydrogens is 330 g/mol. The second-order valence-corrected chi connectivity index (χ2v) is 5.91. The zero-order chi connectivity index (χ0) is 18.5. The molecule has 7 nitrogen and oxygen atoms in total. The first-order valence-electron chi connectivity index (χ1n) is 8.31. The largest absolute Gasteiger partial charge is 0.343 e. The normalized spacial score (nSPS) is 11.8. The van der Waals surface area contributed by atoms with Gasteiger partial charge in [-0.05, 0) is 43.2 Å². The summed E-state index contributed by atoms with van der Waals surface area (Å²) in [6, 6.07) is 7.06. The van der Waals surface area contributed by atoms with E-state index in [0.717, 1.165) is 11.3 Å². The average molecular weight is 349 g/mol. The van der Waals surface area contributed by atoms with E-state index in [1.807, 2.05) is 26.0 Å². The van der Waals surface area contributed by atoms with Crippen molar-refractivity contribution >= 4 is 5.91 Å². The van der Waals surface area contributed by atoms with E-state index in [4.69, 9.17) is 0 Å². The number of carbonyl (C=O) groups excluding carboxylic acids is 1. The molecule has 0 spiro atoms. The number of carbonyl (C=O) groups is 1. The average Bonchev–Trinajstić information content (AvgIpc) is 2.66. The van der Waals surface area contributed by atoms with E-state index in [0.29, 0.717) is 17.8 Å². The highest BCUT2D eigenvalue weighted by atomic mass is 16.2. The van der Waals surface area contributed by atoms with E-state index < -0.39 is 11.5 Å². The van der Waals surface area contributed by atoms with Crippen molar-refractivity contribution in [2.45, 2.75) is 26.3 Å². The van der Waals surface area contributed by atoms with Crippen molar-refractivity contribution in [2.75, 3.05) is 0 Å². The van der Waals surface area contributed by atoms with Gasteiger partial charge in [0, 0.05) is 30.4 Å².